The highest BCUT2D eigenvalue weighted by Crippen LogP contribution is 1.97. The molecule has 0 unspecified atom stereocenters. The maximum absolute atomic E-state index is 9.49. The zero-order chi connectivity index (χ0) is 6.95. The van der Waals surface area contributed by atoms with Crippen LogP contribution in [0.1, 0.15) is 19.3 Å². The Morgan fingerprint density at radius 3 is 2.67 bits per heavy atom. The van der Waals surface area contributed by atoms with Crippen LogP contribution in [0.4, 0.5) is 0 Å². The first kappa shape index (κ1) is 9.20. The molecule has 53 valence electrons. The zero-order valence-corrected chi connectivity index (χ0v) is 7.39. The van der Waals surface area contributed by atoms with Crippen molar-refractivity contribution in [2.45, 2.75) is 19.3 Å². The minimum absolute atomic E-state index is 0.528. The van der Waals surface area contributed by atoms with Gasteiger partial charge in [0.05, 0.1) is 6.61 Å². The average molecular weight is 241 g/mol. The fraction of sp³-hybridized carbons (Fsp3) is 0.833. The minimum atomic E-state index is 0.528. The van der Waals surface area contributed by atoms with Gasteiger partial charge in [0.15, 0.2) is 0 Å². The monoisotopic (exact) mass is 241 g/mol. The molecule has 0 fully saturated rings. The summed E-state index contributed by atoms with van der Waals surface area (Å²) in [4.78, 5) is 9.49. The maximum atomic E-state index is 9.49. The predicted molar refractivity (Wildman–Crippen MR) is 44.4 cm³/mol. The molecule has 0 N–H and O–H groups in total. The van der Waals surface area contributed by atoms with Crippen LogP contribution in [0.15, 0.2) is 0 Å². The quantitative estimate of drug-likeness (QED) is 0.401. The molecule has 0 saturated carbocycles. The maximum Gasteiger partial charge on any atom is 0.417 e. The molecule has 0 atom stereocenters. The Kier molecular flexibility index (Phi) is 8.38. The summed E-state index contributed by atoms with van der Waals surface area (Å²) >= 11 is 2.33. The molecule has 0 amide bonds. The van der Waals surface area contributed by atoms with E-state index in [0.29, 0.717) is 6.61 Å². The Bertz CT molecular complexity index is 66.1. The first-order valence-corrected chi connectivity index (χ1v) is 4.49. The van der Waals surface area contributed by atoms with Gasteiger partial charge in [-0.15, -0.1) is 0 Å². The van der Waals surface area contributed by atoms with Crippen LogP contribution in [0.25, 0.3) is 0 Å². The fourth-order valence-corrected chi connectivity index (χ4v) is 1.03. The van der Waals surface area contributed by atoms with Crippen LogP contribution >= 0.6 is 22.6 Å². The highest BCUT2D eigenvalue weighted by Gasteiger charge is 1.86. The van der Waals surface area contributed by atoms with E-state index in [1.165, 1.54) is 17.3 Å². The van der Waals surface area contributed by atoms with Gasteiger partial charge in [-0.3, -0.25) is 0 Å². The van der Waals surface area contributed by atoms with E-state index in [-0.39, 0.29) is 0 Å². The van der Waals surface area contributed by atoms with E-state index in [0.717, 1.165) is 12.8 Å². The van der Waals surface area contributed by atoms with Crippen molar-refractivity contribution in [2.75, 3.05) is 11.0 Å². The molecule has 0 saturated heterocycles. The highest BCUT2D eigenvalue weighted by molar-refractivity contribution is 14.1. The molecule has 2 nitrogen and oxygen atoms in total. The van der Waals surface area contributed by atoms with Gasteiger partial charge >= 0.3 is 6.47 Å². The van der Waals surface area contributed by atoms with Gasteiger partial charge in [-0.2, -0.15) is 0 Å². The van der Waals surface area contributed by atoms with Crippen molar-refractivity contribution in [2.24, 2.45) is 0 Å². The molecule has 0 aromatic rings. The fourth-order valence-electron chi connectivity index (χ4n) is 0.487. The minimum Gasteiger partial charge on any atom is -0.457 e. The molecular formula is C6H10IO2. The van der Waals surface area contributed by atoms with E-state index < -0.39 is 0 Å². The van der Waals surface area contributed by atoms with Gasteiger partial charge in [-0.1, -0.05) is 22.6 Å². The van der Waals surface area contributed by atoms with Gasteiger partial charge in [0, 0.05) is 0 Å². The second-order valence-electron chi connectivity index (χ2n) is 1.68. The van der Waals surface area contributed by atoms with Gasteiger partial charge in [-0.25, -0.2) is 4.79 Å². The van der Waals surface area contributed by atoms with Crippen molar-refractivity contribution in [3.63, 3.8) is 0 Å². The van der Waals surface area contributed by atoms with E-state index in [1.807, 2.05) is 0 Å². The lowest BCUT2D eigenvalue weighted by Crippen LogP contribution is -1.90. The van der Waals surface area contributed by atoms with Crippen molar-refractivity contribution < 1.29 is 9.53 Å². The summed E-state index contributed by atoms with van der Waals surface area (Å²) in [5, 5.41) is 0. The molecule has 9 heavy (non-hydrogen) atoms. The summed E-state index contributed by atoms with van der Waals surface area (Å²) in [6.45, 7) is 1.92. The van der Waals surface area contributed by atoms with E-state index in [9.17, 15) is 4.79 Å². The van der Waals surface area contributed by atoms with Crippen LogP contribution in [0.3, 0.4) is 0 Å². The lowest BCUT2D eigenvalue weighted by atomic mass is 10.3. The average Bonchev–Trinajstić information content (AvgIpc) is 1.89. The van der Waals surface area contributed by atoms with Crippen LogP contribution in [0, 0.1) is 0 Å². The number of alkyl halides is 1. The van der Waals surface area contributed by atoms with Gasteiger partial charge < -0.3 is 4.74 Å². The number of rotatable bonds is 6. The van der Waals surface area contributed by atoms with Crippen LogP contribution in [0.2, 0.25) is 0 Å². The third-order valence-electron chi connectivity index (χ3n) is 0.939. The van der Waals surface area contributed by atoms with Crippen LogP contribution in [-0.2, 0) is 9.53 Å². The molecule has 0 rings (SSSR count). The van der Waals surface area contributed by atoms with E-state index in [2.05, 4.69) is 27.3 Å². The standard InChI is InChI=1S/C6H10IO2/c7-4-2-1-3-5-9-6-8/h1-5H2. The van der Waals surface area contributed by atoms with Crippen molar-refractivity contribution in [1.29, 1.82) is 0 Å². The molecule has 3 heteroatoms. The molecule has 0 heterocycles. The molecule has 0 aromatic heterocycles. The molecule has 0 bridgehead atoms. The Balaban J connectivity index is 2.66. The first-order chi connectivity index (χ1) is 4.41. The van der Waals surface area contributed by atoms with Crippen molar-refractivity contribution in [1.82, 2.24) is 0 Å². The molecule has 0 spiro atoms. The Hall–Kier alpha value is 0.200. The van der Waals surface area contributed by atoms with E-state index in [1.54, 1.807) is 0 Å². The van der Waals surface area contributed by atoms with Gasteiger partial charge in [0.1, 0.15) is 0 Å². The summed E-state index contributed by atoms with van der Waals surface area (Å²) in [5.74, 6) is 0. The number of hydrogen-bond donors (Lipinski definition) is 0. The Morgan fingerprint density at radius 1 is 1.33 bits per heavy atom. The highest BCUT2D eigenvalue weighted by atomic mass is 127. The molecule has 0 aliphatic heterocycles. The number of hydrogen-bond acceptors (Lipinski definition) is 2. The summed E-state index contributed by atoms with van der Waals surface area (Å²) in [7, 11) is 0. The van der Waals surface area contributed by atoms with E-state index >= 15 is 0 Å². The predicted octanol–water partition coefficient (Wildman–Crippen LogP) is 1.68. The topological polar surface area (TPSA) is 26.3 Å². The third kappa shape index (κ3) is 8.20. The number of halogens is 1. The van der Waals surface area contributed by atoms with Gasteiger partial charge in [-0.05, 0) is 23.7 Å². The summed E-state index contributed by atoms with van der Waals surface area (Å²) in [6, 6.07) is 0. The lowest BCUT2D eigenvalue weighted by Gasteiger charge is -1.94. The smallest absolute Gasteiger partial charge is 0.417 e. The first-order valence-electron chi connectivity index (χ1n) is 2.96. The molecule has 0 aromatic carbocycles. The summed E-state index contributed by atoms with van der Waals surface area (Å²) < 4.78 is 5.56. The molecule has 0 aliphatic rings. The van der Waals surface area contributed by atoms with Crippen LogP contribution < -0.4 is 0 Å². The Labute approximate surface area is 69.1 Å². The normalized spacial score (nSPS) is 9.00. The lowest BCUT2D eigenvalue weighted by molar-refractivity contribution is 0.270. The van der Waals surface area contributed by atoms with E-state index in [4.69, 9.17) is 0 Å². The second kappa shape index (κ2) is 8.20. The van der Waals surface area contributed by atoms with Crippen LogP contribution in [0.5, 0.6) is 0 Å². The molecule has 1 radical (unpaired) electrons. The van der Waals surface area contributed by atoms with Crippen molar-refractivity contribution in [3.8, 4) is 0 Å². The van der Waals surface area contributed by atoms with Crippen LogP contribution in [-0.4, -0.2) is 17.5 Å². The summed E-state index contributed by atoms with van der Waals surface area (Å²) in [6.07, 6.45) is 3.33. The SMILES string of the molecule is O=[C]OCCCCCI. The zero-order valence-electron chi connectivity index (χ0n) is 5.23. The van der Waals surface area contributed by atoms with Gasteiger partial charge in [0.2, 0.25) is 0 Å². The third-order valence-corrected chi connectivity index (χ3v) is 1.70. The second-order valence-corrected chi connectivity index (χ2v) is 2.76. The number of unbranched alkanes of at least 4 members (excludes halogenated alkanes) is 2. The molecular weight excluding hydrogens is 231 g/mol. The Morgan fingerprint density at radius 2 is 2.11 bits per heavy atom. The van der Waals surface area contributed by atoms with Crippen molar-refractivity contribution in [3.05, 3.63) is 0 Å². The van der Waals surface area contributed by atoms with Gasteiger partial charge in [0.25, 0.3) is 0 Å². The molecule has 0 aliphatic carbocycles. The number of ether oxygens (including phenoxy) is 1. The largest absolute Gasteiger partial charge is 0.457 e. The summed E-state index contributed by atoms with van der Waals surface area (Å²) in [5.41, 5.74) is 0. The number of carbonyl (C=O) groups excluding carboxylic acids is 1. The van der Waals surface area contributed by atoms with Crippen molar-refractivity contribution >= 4 is 29.1 Å².